The predicted molar refractivity (Wildman–Crippen MR) is 60.6 cm³/mol. The SMILES string of the molecule is N#Cc1cc(C(=O)CCl)c(I)cc1O. The lowest BCUT2D eigenvalue weighted by Crippen LogP contribution is -2.03. The van der Waals surface area contributed by atoms with E-state index in [2.05, 4.69) is 0 Å². The highest BCUT2D eigenvalue weighted by molar-refractivity contribution is 14.1. The van der Waals surface area contributed by atoms with Crippen LogP contribution in [0, 0.1) is 14.9 Å². The van der Waals surface area contributed by atoms with E-state index in [-0.39, 0.29) is 23.0 Å². The molecule has 0 aliphatic rings. The maximum atomic E-state index is 11.3. The molecule has 0 heterocycles. The molecule has 1 aromatic carbocycles. The third-order valence-corrected chi connectivity index (χ3v) is 2.76. The number of alkyl halides is 1. The van der Waals surface area contributed by atoms with Gasteiger partial charge in [0.15, 0.2) is 5.78 Å². The van der Waals surface area contributed by atoms with Gasteiger partial charge >= 0.3 is 0 Å². The van der Waals surface area contributed by atoms with Gasteiger partial charge in [0.25, 0.3) is 0 Å². The van der Waals surface area contributed by atoms with E-state index < -0.39 is 0 Å². The lowest BCUT2D eigenvalue weighted by molar-refractivity contribution is 0.102. The van der Waals surface area contributed by atoms with Crippen molar-refractivity contribution in [3.8, 4) is 11.8 Å². The first kappa shape index (κ1) is 11.3. The summed E-state index contributed by atoms with van der Waals surface area (Å²) in [7, 11) is 0. The number of ketones is 1. The summed E-state index contributed by atoms with van der Waals surface area (Å²) in [5.74, 6) is -0.512. The van der Waals surface area contributed by atoms with Crippen molar-refractivity contribution in [3.05, 3.63) is 26.8 Å². The Hall–Kier alpha value is -0.800. The first-order valence-electron chi connectivity index (χ1n) is 3.62. The van der Waals surface area contributed by atoms with Gasteiger partial charge in [-0.05, 0) is 34.7 Å². The largest absolute Gasteiger partial charge is 0.507 e. The molecule has 0 spiro atoms. The molecule has 5 heteroatoms. The molecule has 0 saturated heterocycles. The van der Waals surface area contributed by atoms with Gasteiger partial charge in [0, 0.05) is 9.13 Å². The van der Waals surface area contributed by atoms with Gasteiger partial charge in [-0.2, -0.15) is 5.26 Å². The molecule has 0 radical (unpaired) electrons. The molecule has 1 rings (SSSR count). The number of carbonyl (C=O) groups excluding carboxylic acids is 1. The molecule has 72 valence electrons. The summed E-state index contributed by atoms with van der Waals surface area (Å²) in [4.78, 5) is 11.3. The van der Waals surface area contributed by atoms with Crippen LogP contribution in [0.3, 0.4) is 0 Å². The number of nitrogens with zero attached hydrogens (tertiary/aromatic N) is 1. The van der Waals surface area contributed by atoms with Crippen molar-refractivity contribution in [1.29, 1.82) is 5.26 Å². The van der Waals surface area contributed by atoms with E-state index in [0.717, 1.165) is 0 Å². The van der Waals surface area contributed by atoms with Crippen LogP contribution >= 0.6 is 34.2 Å². The first-order chi connectivity index (χ1) is 6.60. The van der Waals surface area contributed by atoms with Crippen LogP contribution in [0.2, 0.25) is 0 Å². The minimum atomic E-state index is -0.257. The number of rotatable bonds is 2. The highest BCUT2D eigenvalue weighted by Gasteiger charge is 2.12. The van der Waals surface area contributed by atoms with Crippen molar-refractivity contribution in [2.45, 2.75) is 0 Å². The smallest absolute Gasteiger partial charge is 0.178 e. The average Bonchev–Trinajstić information content (AvgIpc) is 2.17. The van der Waals surface area contributed by atoms with Gasteiger partial charge in [-0.15, -0.1) is 11.6 Å². The number of Topliss-reactive ketones (excluding diaryl/α,β-unsaturated/α-hetero) is 1. The molecular weight excluding hydrogens is 316 g/mol. The summed E-state index contributed by atoms with van der Waals surface area (Å²) in [5.41, 5.74) is 0.453. The molecule has 0 bridgehead atoms. The molecule has 0 unspecified atom stereocenters. The lowest BCUT2D eigenvalue weighted by Gasteiger charge is -2.03. The molecule has 3 nitrogen and oxygen atoms in total. The van der Waals surface area contributed by atoms with Crippen LogP contribution in [0.1, 0.15) is 15.9 Å². The number of halogens is 2. The van der Waals surface area contributed by atoms with Crippen LogP contribution < -0.4 is 0 Å². The fourth-order valence-electron chi connectivity index (χ4n) is 0.938. The second-order valence-electron chi connectivity index (χ2n) is 2.52. The molecular formula is C9H5ClINO2. The number of carbonyl (C=O) groups is 1. The van der Waals surface area contributed by atoms with E-state index in [4.69, 9.17) is 16.9 Å². The number of phenols is 1. The number of hydrogen-bond donors (Lipinski definition) is 1. The molecule has 0 aliphatic heterocycles. The summed E-state index contributed by atoms with van der Waals surface area (Å²) in [6.45, 7) is 0. The summed E-state index contributed by atoms with van der Waals surface area (Å²) in [6.07, 6.45) is 0. The van der Waals surface area contributed by atoms with Crippen molar-refractivity contribution >= 4 is 40.0 Å². The minimum absolute atomic E-state index is 0.0823. The molecule has 0 aliphatic carbocycles. The van der Waals surface area contributed by atoms with E-state index in [1.165, 1.54) is 12.1 Å². The Morgan fingerprint density at radius 3 is 2.79 bits per heavy atom. The topological polar surface area (TPSA) is 61.1 Å². The molecule has 0 atom stereocenters. The van der Waals surface area contributed by atoms with E-state index in [9.17, 15) is 9.90 Å². The summed E-state index contributed by atoms with van der Waals surface area (Å²) < 4.78 is 0.588. The van der Waals surface area contributed by atoms with Crippen LogP contribution in [0.15, 0.2) is 12.1 Å². The predicted octanol–water partition coefficient (Wildman–Crippen LogP) is 2.29. The Kier molecular flexibility index (Phi) is 3.72. The second kappa shape index (κ2) is 4.62. The molecule has 0 aromatic heterocycles. The Balaban J connectivity index is 3.33. The Labute approximate surface area is 99.4 Å². The third-order valence-electron chi connectivity index (χ3n) is 1.63. The molecule has 0 fully saturated rings. The number of nitriles is 1. The summed E-state index contributed by atoms with van der Waals surface area (Å²) >= 11 is 7.30. The molecule has 1 aromatic rings. The minimum Gasteiger partial charge on any atom is -0.507 e. The van der Waals surface area contributed by atoms with Crippen LogP contribution in [0.4, 0.5) is 0 Å². The van der Waals surface area contributed by atoms with Gasteiger partial charge in [0.05, 0.1) is 11.4 Å². The van der Waals surface area contributed by atoms with Gasteiger partial charge in [0.2, 0.25) is 0 Å². The quantitative estimate of drug-likeness (QED) is 0.516. The number of aromatic hydroxyl groups is 1. The van der Waals surface area contributed by atoms with Gasteiger partial charge in [0.1, 0.15) is 11.8 Å². The Bertz CT molecular complexity index is 426. The van der Waals surface area contributed by atoms with Crippen molar-refractivity contribution in [2.24, 2.45) is 0 Å². The van der Waals surface area contributed by atoms with Crippen LogP contribution in [0.5, 0.6) is 5.75 Å². The van der Waals surface area contributed by atoms with E-state index in [1.54, 1.807) is 6.07 Å². The highest BCUT2D eigenvalue weighted by atomic mass is 127. The van der Waals surface area contributed by atoms with Crippen molar-refractivity contribution in [1.82, 2.24) is 0 Å². The Morgan fingerprint density at radius 1 is 1.64 bits per heavy atom. The fourth-order valence-corrected chi connectivity index (χ4v) is 1.83. The lowest BCUT2D eigenvalue weighted by atomic mass is 10.1. The zero-order chi connectivity index (χ0) is 10.7. The van der Waals surface area contributed by atoms with Gasteiger partial charge in [-0.25, -0.2) is 0 Å². The van der Waals surface area contributed by atoms with Crippen LogP contribution in [0.25, 0.3) is 0 Å². The fraction of sp³-hybridized carbons (Fsp3) is 0.111. The zero-order valence-electron chi connectivity index (χ0n) is 6.92. The van der Waals surface area contributed by atoms with Crippen molar-refractivity contribution in [2.75, 3.05) is 5.88 Å². The maximum absolute atomic E-state index is 11.3. The monoisotopic (exact) mass is 321 g/mol. The number of benzene rings is 1. The number of phenolic OH excluding ortho intramolecular Hbond substituents is 1. The number of hydrogen-bond acceptors (Lipinski definition) is 3. The third kappa shape index (κ3) is 2.16. The summed E-state index contributed by atoms with van der Waals surface area (Å²) in [5, 5.41) is 17.9. The van der Waals surface area contributed by atoms with Crippen LogP contribution in [-0.2, 0) is 0 Å². The first-order valence-corrected chi connectivity index (χ1v) is 5.23. The zero-order valence-corrected chi connectivity index (χ0v) is 9.83. The van der Waals surface area contributed by atoms with Crippen LogP contribution in [-0.4, -0.2) is 16.8 Å². The molecule has 1 N–H and O–H groups in total. The van der Waals surface area contributed by atoms with Gasteiger partial charge in [-0.3, -0.25) is 4.79 Å². The highest BCUT2D eigenvalue weighted by Crippen LogP contribution is 2.23. The molecule has 0 saturated carbocycles. The van der Waals surface area contributed by atoms with E-state index in [1.807, 2.05) is 22.6 Å². The second-order valence-corrected chi connectivity index (χ2v) is 3.95. The van der Waals surface area contributed by atoms with Gasteiger partial charge in [-0.1, -0.05) is 0 Å². The Morgan fingerprint density at radius 2 is 2.29 bits per heavy atom. The summed E-state index contributed by atoms with van der Waals surface area (Å²) in [6, 6.07) is 4.52. The maximum Gasteiger partial charge on any atom is 0.178 e. The van der Waals surface area contributed by atoms with E-state index in [0.29, 0.717) is 9.13 Å². The average molecular weight is 322 g/mol. The van der Waals surface area contributed by atoms with Crippen molar-refractivity contribution < 1.29 is 9.90 Å². The molecule has 14 heavy (non-hydrogen) atoms. The standard InChI is InChI=1S/C9H5ClINO2/c10-3-9(14)6-1-5(4-12)8(13)2-7(6)11/h1-2,13H,3H2. The van der Waals surface area contributed by atoms with Crippen molar-refractivity contribution in [3.63, 3.8) is 0 Å². The van der Waals surface area contributed by atoms with Gasteiger partial charge < -0.3 is 5.11 Å². The normalized spacial score (nSPS) is 9.50. The van der Waals surface area contributed by atoms with E-state index >= 15 is 0 Å². The molecule has 0 amide bonds.